The number of aliphatic carboxylic acids is 1. The summed E-state index contributed by atoms with van der Waals surface area (Å²) in [6, 6.07) is 8.02. The molecule has 2 heterocycles. The highest BCUT2D eigenvalue weighted by Crippen LogP contribution is 2.49. The number of anilines is 1. The maximum atomic E-state index is 11.7. The molecule has 1 aromatic heterocycles. The predicted octanol–water partition coefficient (Wildman–Crippen LogP) is 2.96. The Morgan fingerprint density at radius 2 is 1.96 bits per heavy atom. The number of fused-ring (bicyclic) bond motifs is 1. The number of hydrogen-bond donors (Lipinski definition) is 1. The fourth-order valence-corrected chi connectivity index (χ4v) is 4.03. The van der Waals surface area contributed by atoms with Gasteiger partial charge in [-0.25, -0.2) is 9.97 Å². The molecule has 5 heteroatoms. The van der Waals surface area contributed by atoms with Gasteiger partial charge in [0.1, 0.15) is 0 Å². The van der Waals surface area contributed by atoms with Gasteiger partial charge in [0.2, 0.25) is 5.95 Å². The van der Waals surface area contributed by atoms with Gasteiger partial charge in [-0.2, -0.15) is 0 Å². The SMILES string of the molecule is O=C(O)C1(c2cccc(-c3nc(N4CCC4)nc4c3CCC4)c2)CC1. The molecule has 0 amide bonds. The molecule has 0 radical (unpaired) electrons. The first-order chi connectivity index (χ1) is 12.2. The lowest BCUT2D eigenvalue weighted by Crippen LogP contribution is -2.38. The second-order valence-corrected chi connectivity index (χ2v) is 7.46. The van der Waals surface area contributed by atoms with Gasteiger partial charge in [-0.1, -0.05) is 18.2 Å². The Morgan fingerprint density at radius 3 is 2.64 bits per heavy atom. The Morgan fingerprint density at radius 1 is 1.12 bits per heavy atom. The van der Waals surface area contributed by atoms with Crippen LogP contribution in [0.2, 0.25) is 0 Å². The monoisotopic (exact) mass is 335 g/mol. The molecule has 5 nitrogen and oxygen atoms in total. The van der Waals surface area contributed by atoms with Crippen molar-refractivity contribution in [2.24, 2.45) is 0 Å². The van der Waals surface area contributed by atoms with E-state index >= 15 is 0 Å². The van der Waals surface area contributed by atoms with Crippen molar-refractivity contribution in [3.05, 3.63) is 41.1 Å². The van der Waals surface area contributed by atoms with Gasteiger partial charge < -0.3 is 10.0 Å². The van der Waals surface area contributed by atoms with E-state index in [1.54, 1.807) is 0 Å². The topological polar surface area (TPSA) is 66.3 Å². The third-order valence-corrected chi connectivity index (χ3v) is 5.91. The molecule has 1 saturated heterocycles. The van der Waals surface area contributed by atoms with Gasteiger partial charge in [0.05, 0.1) is 11.1 Å². The number of nitrogens with zero attached hydrogens (tertiary/aromatic N) is 3. The molecule has 2 aliphatic carbocycles. The van der Waals surface area contributed by atoms with Gasteiger partial charge in [-0.3, -0.25) is 4.79 Å². The zero-order valence-electron chi connectivity index (χ0n) is 14.2. The van der Waals surface area contributed by atoms with Crippen molar-refractivity contribution >= 4 is 11.9 Å². The molecular formula is C20H21N3O2. The van der Waals surface area contributed by atoms with Crippen LogP contribution in [0.15, 0.2) is 24.3 Å². The van der Waals surface area contributed by atoms with Crippen LogP contribution >= 0.6 is 0 Å². The van der Waals surface area contributed by atoms with E-state index in [4.69, 9.17) is 9.97 Å². The number of carbonyl (C=O) groups is 1. The molecule has 3 aliphatic rings. The molecule has 0 atom stereocenters. The summed E-state index contributed by atoms with van der Waals surface area (Å²) < 4.78 is 0. The largest absolute Gasteiger partial charge is 0.481 e. The summed E-state index contributed by atoms with van der Waals surface area (Å²) in [6.07, 6.45) is 5.81. The van der Waals surface area contributed by atoms with E-state index in [9.17, 15) is 9.90 Å². The minimum atomic E-state index is -0.709. The highest BCUT2D eigenvalue weighted by Gasteiger charge is 2.51. The lowest BCUT2D eigenvalue weighted by atomic mass is 9.93. The van der Waals surface area contributed by atoms with E-state index in [0.717, 1.165) is 68.0 Å². The van der Waals surface area contributed by atoms with Crippen LogP contribution in [0.1, 0.15) is 42.5 Å². The standard InChI is InChI=1S/C20H21N3O2/c24-18(25)20(8-9-20)14-5-1-4-13(12-14)17-15-6-2-7-16(15)21-19(22-17)23-10-3-11-23/h1,4-5,12H,2-3,6-11H2,(H,24,25). The van der Waals surface area contributed by atoms with Crippen molar-refractivity contribution in [3.8, 4) is 11.3 Å². The number of benzene rings is 1. The molecule has 128 valence electrons. The van der Waals surface area contributed by atoms with Crippen molar-refractivity contribution in [1.82, 2.24) is 9.97 Å². The predicted molar refractivity (Wildman–Crippen MR) is 94.9 cm³/mol. The Hall–Kier alpha value is -2.43. The number of rotatable bonds is 4. The second-order valence-electron chi connectivity index (χ2n) is 7.46. The Labute approximate surface area is 146 Å². The number of carboxylic acid groups (broad SMARTS) is 1. The van der Waals surface area contributed by atoms with Crippen molar-refractivity contribution in [1.29, 1.82) is 0 Å². The molecule has 2 fully saturated rings. The summed E-state index contributed by atoms with van der Waals surface area (Å²) in [5.74, 6) is 0.130. The third kappa shape index (κ3) is 2.25. The molecule has 1 aliphatic heterocycles. The average molecular weight is 335 g/mol. The van der Waals surface area contributed by atoms with Crippen LogP contribution in [0.3, 0.4) is 0 Å². The van der Waals surface area contributed by atoms with Crippen LogP contribution in [0.4, 0.5) is 5.95 Å². The molecule has 5 rings (SSSR count). The molecular weight excluding hydrogens is 314 g/mol. The van der Waals surface area contributed by atoms with Crippen LogP contribution in [-0.4, -0.2) is 34.1 Å². The number of carboxylic acids is 1. The molecule has 1 saturated carbocycles. The van der Waals surface area contributed by atoms with Gasteiger partial charge in [-0.15, -0.1) is 0 Å². The van der Waals surface area contributed by atoms with E-state index < -0.39 is 11.4 Å². The lowest BCUT2D eigenvalue weighted by Gasteiger charge is -2.31. The zero-order chi connectivity index (χ0) is 17.0. The van der Waals surface area contributed by atoms with Crippen molar-refractivity contribution in [2.45, 2.75) is 43.9 Å². The number of aromatic nitrogens is 2. The van der Waals surface area contributed by atoms with Crippen molar-refractivity contribution in [2.75, 3.05) is 18.0 Å². The fourth-order valence-electron chi connectivity index (χ4n) is 4.03. The van der Waals surface area contributed by atoms with E-state index in [1.807, 2.05) is 18.2 Å². The Bertz CT molecular complexity index is 869. The van der Waals surface area contributed by atoms with Crippen LogP contribution in [0.25, 0.3) is 11.3 Å². The van der Waals surface area contributed by atoms with Gasteiger partial charge in [0, 0.05) is 29.9 Å². The van der Waals surface area contributed by atoms with Crippen LogP contribution < -0.4 is 4.90 Å². The average Bonchev–Trinajstić information content (AvgIpc) is 3.25. The maximum Gasteiger partial charge on any atom is 0.314 e. The summed E-state index contributed by atoms with van der Waals surface area (Å²) in [5.41, 5.74) is 4.71. The molecule has 2 aromatic rings. The summed E-state index contributed by atoms with van der Waals surface area (Å²) in [7, 11) is 0. The highest BCUT2D eigenvalue weighted by molar-refractivity contribution is 5.85. The highest BCUT2D eigenvalue weighted by atomic mass is 16.4. The minimum Gasteiger partial charge on any atom is -0.481 e. The first-order valence-electron chi connectivity index (χ1n) is 9.16. The quantitative estimate of drug-likeness (QED) is 0.930. The molecule has 1 N–H and O–H groups in total. The molecule has 0 spiro atoms. The summed E-state index contributed by atoms with van der Waals surface area (Å²) in [4.78, 5) is 23.6. The first-order valence-corrected chi connectivity index (χ1v) is 9.16. The summed E-state index contributed by atoms with van der Waals surface area (Å²) >= 11 is 0. The second kappa shape index (κ2) is 5.28. The van der Waals surface area contributed by atoms with Gasteiger partial charge in [-0.05, 0) is 50.2 Å². The molecule has 0 bridgehead atoms. The maximum absolute atomic E-state index is 11.7. The van der Waals surface area contributed by atoms with Crippen LogP contribution in [-0.2, 0) is 23.1 Å². The number of hydrogen-bond acceptors (Lipinski definition) is 4. The first kappa shape index (κ1) is 14.9. The van der Waals surface area contributed by atoms with Crippen LogP contribution in [0.5, 0.6) is 0 Å². The molecule has 0 unspecified atom stereocenters. The van der Waals surface area contributed by atoms with Gasteiger partial charge >= 0.3 is 5.97 Å². The summed E-state index contributed by atoms with van der Waals surface area (Å²) in [5, 5.41) is 9.60. The van der Waals surface area contributed by atoms with Gasteiger partial charge in [0.25, 0.3) is 0 Å². The third-order valence-electron chi connectivity index (χ3n) is 5.91. The Balaban J connectivity index is 1.61. The summed E-state index contributed by atoms with van der Waals surface area (Å²) in [6.45, 7) is 2.06. The minimum absolute atomic E-state index is 0.674. The zero-order valence-corrected chi connectivity index (χ0v) is 14.2. The van der Waals surface area contributed by atoms with E-state index in [0.29, 0.717) is 0 Å². The van der Waals surface area contributed by atoms with Crippen molar-refractivity contribution in [3.63, 3.8) is 0 Å². The van der Waals surface area contributed by atoms with E-state index in [-0.39, 0.29) is 0 Å². The Kier molecular flexibility index (Phi) is 3.14. The normalized spacial score (nSPS) is 20.1. The van der Waals surface area contributed by atoms with Gasteiger partial charge in [0.15, 0.2) is 0 Å². The number of aryl methyl sites for hydroxylation is 1. The van der Waals surface area contributed by atoms with E-state index in [1.165, 1.54) is 17.7 Å². The lowest BCUT2D eigenvalue weighted by molar-refractivity contribution is -0.140. The molecule has 25 heavy (non-hydrogen) atoms. The van der Waals surface area contributed by atoms with Crippen molar-refractivity contribution < 1.29 is 9.90 Å². The smallest absolute Gasteiger partial charge is 0.314 e. The van der Waals surface area contributed by atoms with Crippen LogP contribution in [0, 0.1) is 0 Å². The molecule has 1 aromatic carbocycles. The van der Waals surface area contributed by atoms with E-state index in [2.05, 4.69) is 11.0 Å². The fraction of sp³-hybridized carbons (Fsp3) is 0.450.